The van der Waals surface area contributed by atoms with Gasteiger partial charge in [-0.1, -0.05) is 35.5 Å². The third-order valence-electron chi connectivity index (χ3n) is 3.47. The minimum Gasteiger partial charge on any atom is -0.487 e. The van der Waals surface area contributed by atoms with E-state index in [9.17, 15) is 4.79 Å². The number of ether oxygens (including phenoxy) is 1. The van der Waals surface area contributed by atoms with Crippen molar-refractivity contribution in [2.45, 2.75) is 13.5 Å². The molecule has 2 aromatic carbocycles. The van der Waals surface area contributed by atoms with Crippen LogP contribution in [0.15, 0.2) is 57.5 Å². The van der Waals surface area contributed by atoms with E-state index in [1.54, 1.807) is 0 Å². The molecule has 0 unspecified atom stereocenters. The molecule has 0 radical (unpaired) electrons. The number of carboxylic acids is 1. The Balaban J connectivity index is 1.84. The average Bonchev–Trinajstić information content (AvgIpc) is 3.05. The number of carbonyl (C=O) groups is 1. The van der Waals surface area contributed by atoms with Crippen molar-refractivity contribution >= 4 is 21.9 Å². The van der Waals surface area contributed by atoms with Gasteiger partial charge in [0, 0.05) is 11.6 Å². The number of nitrogens with zero attached hydrogens (tertiary/aromatic N) is 1. The number of hydrogen-bond donors (Lipinski definition) is 1. The van der Waals surface area contributed by atoms with E-state index in [-0.39, 0.29) is 5.69 Å². The lowest BCUT2D eigenvalue weighted by atomic mass is 10.1. The Labute approximate surface area is 147 Å². The van der Waals surface area contributed by atoms with Gasteiger partial charge in [0.2, 0.25) is 0 Å². The molecule has 5 nitrogen and oxygen atoms in total. The van der Waals surface area contributed by atoms with Crippen LogP contribution in [0.2, 0.25) is 0 Å². The van der Waals surface area contributed by atoms with Crippen molar-refractivity contribution in [3.8, 4) is 17.1 Å². The van der Waals surface area contributed by atoms with Crippen LogP contribution in [-0.2, 0) is 6.61 Å². The summed E-state index contributed by atoms with van der Waals surface area (Å²) in [7, 11) is 0. The first-order valence-corrected chi connectivity index (χ1v) is 8.01. The molecule has 3 aromatic rings. The topological polar surface area (TPSA) is 72.6 Å². The highest BCUT2D eigenvalue weighted by molar-refractivity contribution is 9.10. The number of aryl methyl sites for hydroxylation is 1. The van der Waals surface area contributed by atoms with Gasteiger partial charge >= 0.3 is 5.97 Å². The summed E-state index contributed by atoms with van der Waals surface area (Å²) >= 11 is 3.50. The Kier molecular flexibility index (Phi) is 4.66. The highest BCUT2D eigenvalue weighted by Crippen LogP contribution is 2.35. The fraction of sp³-hybridized carbons (Fsp3) is 0.111. The quantitative estimate of drug-likeness (QED) is 0.687. The van der Waals surface area contributed by atoms with Crippen molar-refractivity contribution in [3.63, 3.8) is 0 Å². The van der Waals surface area contributed by atoms with E-state index in [4.69, 9.17) is 14.4 Å². The molecule has 6 heteroatoms. The van der Waals surface area contributed by atoms with Gasteiger partial charge in [0.05, 0.1) is 4.47 Å². The van der Waals surface area contributed by atoms with Crippen LogP contribution in [0.1, 0.15) is 21.6 Å². The highest BCUT2D eigenvalue weighted by Gasteiger charge is 2.15. The zero-order valence-corrected chi connectivity index (χ0v) is 14.4. The maximum absolute atomic E-state index is 10.9. The van der Waals surface area contributed by atoms with Gasteiger partial charge in [-0.05, 0) is 46.1 Å². The molecule has 0 spiro atoms. The van der Waals surface area contributed by atoms with Crippen LogP contribution in [0, 0.1) is 6.92 Å². The van der Waals surface area contributed by atoms with Gasteiger partial charge in [0.15, 0.2) is 11.5 Å². The first-order valence-electron chi connectivity index (χ1n) is 7.22. The van der Waals surface area contributed by atoms with Crippen LogP contribution in [0.3, 0.4) is 0 Å². The monoisotopic (exact) mass is 387 g/mol. The second-order valence-electron chi connectivity index (χ2n) is 5.26. The summed E-state index contributed by atoms with van der Waals surface area (Å²) < 4.78 is 11.8. The summed E-state index contributed by atoms with van der Waals surface area (Å²) in [6, 6.07) is 15.0. The van der Waals surface area contributed by atoms with Crippen LogP contribution >= 0.6 is 15.9 Å². The van der Waals surface area contributed by atoms with E-state index in [1.807, 2.05) is 49.4 Å². The number of halogens is 1. The molecule has 0 aliphatic heterocycles. The zero-order chi connectivity index (χ0) is 17.1. The van der Waals surface area contributed by atoms with Crippen molar-refractivity contribution in [2.24, 2.45) is 0 Å². The van der Waals surface area contributed by atoms with Crippen molar-refractivity contribution in [2.75, 3.05) is 0 Å². The van der Waals surface area contributed by atoms with E-state index in [1.165, 1.54) is 6.07 Å². The molecule has 0 saturated carbocycles. The summed E-state index contributed by atoms with van der Waals surface area (Å²) in [5.41, 5.74) is 2.59. The predicted molar refractivity (Wildman–Crippen MR) is 92.1 cm³/mol. The Morgan fingerprint density at radius 3 is 2.62 bits per heavy atom. The summed E-state index contributed by atoms with van der Waals surface area (Å²) in [6.45, 7) is 2.38. The van der Waals surface area contributed by atoms with Gasteiger partial charge in [0.1, 0.15) is 12.4 Å². The van der Waals surface area contributed by atoms with Crippen LogP contribution in [-0.4, -0.2) is 16.2 Å². The SMILES string of the molecule is Cc1cc(-c2cc(C(=O)O)no2)cc(Br)c1OCc1ccccc1. The van der Waals surface area contributed by atoms with E-state index < -0.39 is 5.97 Å². The average molecular weight is 388 g/mol. The standard InChI is InChI=1S/C18H14BrNO4/c1-11-7-13(16-9-15(18(21)22)20-24-16)8-14(19)17(11)23-10-12-5-3-2-4-6-12/h2-9H,10H2,1H3,(H,21,22). The van der Waals surface area contributed by atoms with Gasteiger partial charge in [-0.2, -0.15) is 0 Å². The molecule has 1 heterocycles. The Morgan fingerprint density at radius 1 is 1.25 bits per heavy atom. The number of rotatable bonds is 5. The first-order chi connectivity index (χ1) is 11.5. The molecular weight excluding hydrogens is 374 g/mol. The van der Waals surface area contributed by atoms with Crippen molar-refractivity contribution in [1.29, 1.82) is 0 Å². The largest absolute Gasteiger partial charge is 0.487 e. The number of benzene rings is 2. The normalized spacial score (nSPS) is 10.6. The molecule has 1 N–H and O–H groups in total. The molecule has 0 aliphatic rings. The van der Waals surface area contributed by atoms with Crippen molar-refractivity contribution in [3.05, 3.63) is 69.8 Å². The molecular formula is C18H14BrNO4. The zero-order valence-electron chi connectivity index (χ0n) is 12.8. The molecule has 0 atom stereocenters. The summed E-state index contributed by atoms with van der Waals surface area (Å²) in [5.74, 6) is 0.00925. The van der Waals surface area contributed by atoms with Crippen molar-refractivity contribution < 1.29 is 19.2 Å². The minimum absolute atomic E-state index is 0.122. The lowest BCUT2D eigenvalue weighted by Crippen LogP contribution is -1.98. The summed E-state index contributed by atoms with van der Waals surface area (Å²) in [5, 5.41) is 12.5. The Morgan fingerprint density at radius 2 is 2.00 bits per heavy atom. The number of carboxylic acid groups (broad SMARTS) is 1. The van der Waals surface area contributed by atoms with Crippen LogP contribution in [0.4, 0.5) is 0 Å². The van der Waals surface area contributed by atoms with Gasteiger partial charge in [-0.15, -0.1) is 0 Å². The lowest BCUT2D eigenvalue weighted by molar-refractivity contribution is 0.0686. The first kappa shape index (κ1) is 16.3. The van der Waals surface area contributed by atoms with Gasteiger partial charge in [0.25, 0.3) is 0 Å². The highest BCUT2D eigenvalue weighted by atomic mass is 79.9. The van der Waals surface area contributed by atoms with E-state index in [0.717, 1.165) is 26.9 Å². The van der Waals surface area contributed by atoms with Gasteiger partial charge in [-0.25, -0.2) is 4.79 Å². The van der Waals surface area contributed by atoms with Crippen LogP contribution in [0.5, 0.6) is 5.75 Å². The van der Waals surface area contributed by atoms with Crippen LogP contribution in [0.25, 0.3) is 11.3 Å². The molecule has 122 valence electrons. The maximum atomic E-state index is 10.9. The lowest BCUT2D eigenvalue weighted by Gasteiger charge is -2.12. The fourth-order valence-electron chi connectivity index (χ4n) is 2.30. The smallest absolute Gasteiger partial charge is 0.358 e. The maximum Gasteiger partial charge on any atom is 0.358 e. The Hall–Kier alpha value is -2.60. The molecule has 3 rings (SSSR count). The fourth-order valence-corrected chi connectivity index (χ4v) is 2.97. The third-order valence-corrected chi connectivity index (χ3v) is 4.06. The molecule has 0 aliphatic carbocycles. The third kappa shape index (κ3) is 3.49. The molecule has 0 bridgehead atoms. The van der Waals surface area contributed by atoms with E-state index in [0.29, 0.717) is 12.4 Å². The number of aromatic carboxylic acids is 1. The molecule has 24 heavy (non-hydrogen) atoms. The molecule has 0 amide bonds. The van der Waals surface area contributed by atoms with Gasteiger partial charge in [-0.3, -0.25) is 0 Å². The minimum atomic E-state index is -1.12. The summed E-state index contributed by atoms with van der Waals surface area (Å²) in [6.07, 6.45) is 0. The number of hydrogen-bond acceptors (Lipinski definition) is 4. The second kappa shape index (κ2) is 6.88. The predicted octanol–water partition coefficient (Wildman–Crippen LogP) is 4.69. The second-order valence-corrected chi connectivity index (χ2v) is 6.11. The van der Waals surface area contributed by atoms with E-state index >= 15 is 0 Å². The van der Waals surface area contributed by atoms with Crippen molar-refractivity contribution in [1.82, 2.24) is 5.16 Å². The Bertz CT molecular complexity index is 851. The summed E-state index contributed by atoms with van der Waals surface area (Å²) in [4.78, 5) is 10.9. The molecule has 0 fully saturated rings. The number of aromatic nitrogens is 1. The molecule has 1 aromatic heterocycles. The molecule has 0 saturated heterocycles. The van der Waals surface area contributed by atoms with Crippen LogP contribution < -0.4 is 4.74 Å². The van der Waals surface area contributed by atoms with E-state index in [2.05, 4.69) is 21.1 Å². The van der Waals surface area contributed by atoms with Gasteiger partial charge < -0.3 is 14.4 Å².